The number of nitrogens with one attached hydrogen (secondary N) is 4. The molecule has 0 spiro atoms. The number of carbonyl (C=O) groups excluding carboxylic acids is 3. The molecule has 3 amide bonds. The van der Waals surface area contributed by atoms with E-state index in [-0.39, 0.29) is 47.8 Å². The van der Waals surface area contributed by atoms with Crippen LogP contribution >= 0.6 is 0 Å². The van der Waals surface area contributed by atoms with Gasteiger partial charge < -0.3 is 16.0 Å². The summed E-state index contributed by atoms with van der Waals surface area (Å²) in [7, 11) is 1.69. The molecule has 1 saturated carbocycles. The standard InChI is InChI=1S/C39H40FN11O5/c1-48-30-19-23(12-13-28(30)50(39(48)56)29-14-15-34(52)46-36(29)53)9-4-2-3-6-16-41-27-21-32(44-25-10-8-18-49(38(25)55)33-11-5-7-17-42-33)47-51-31(22-43-35(27)51)37(54)45-26-20-24(26)40/h5,7-8,10-13,17-19,21-22,24,26,29,41H,2-4,6,9,14-16,20H2,1H3,(H,44,47)(H,45,54)(H,46,52,53)/t24-,26+,29?/m0/s1. The number of rotatable bonds is 14. The van der Waals surface area contributed by atoms with E-state index in [1.165, 1.54) is 19.8 Å². The first kappa shape index (κ1) is 36.3. The Morgan fingerprint density at radius 2 is 1.80 bits per heavy atom. The zero-order chi connectivity index (χ0) is 38.9. The van der Waals surface area contributed by atoms with Crippen LogP contribution in [0.4, 0.5) is 21.6 Å². The fourth-order valence-corrected chi connectivity index (χ4v) is 7.10. The van der Waals surface area contributed by atoms with E-state index >= 15 is 0 Å². The van der Waals surface area contributed by atoms with Crippen LogP contribution in [0, 0.1) is 0 Å². The second-order valence-corrected chi connectivity index (χ2v) is 14.2. The summed E-state index contributed by atoms with van der Waals surface area (Å²) in [6.45, 7) is 0.596. The van der Waals surface area contributed by atoms with Gasteiger partial charge in [-0.25, -0.2) is 23.7 Å². The van der Waals surface area contributed by atoms with Crippen molar-refractivity contribution in [2.75, 3.05) is 17.2 Å². The third-order valence-corrected chi connectivity index (χ3v) is 10.2. The molecule has 0 bridgehead atoms. The lowest BCUT2D eigenvalue weighted by atomic mass is 10.0. The number of halogens is 1. The maximum absolute atomic E-state index is 13.6. The summed E-state index contributed by atoms with van der Waals surface area (Å²) in [5.41, 5.74) is 3.23. The van der Waals surface area contributed by atoms with Crippen molar-refractivity contribution in [3.8, 4) is 5.82 Å². The first-order valence-electron chi connectivity index (χ1n) is 18.7. The molecular weight excluding hydrogens is 721 g/mol. The van der Waals surface area contributed by atoms with E-state index in [2.05, 4.69) is 36.3 Å². The SMILES string of the molecule is Cn1c(=O)n(C2CCC(=O)NC2=O)c2ccc(CCCCCCNc3cc(Nc4cccn(-c5ccccn5)c4=O)nn4c(C(=O)N[C@@H]5C[C@@H]5F)cnc34)cc21. The third-order valence-electron chi connectivity index (χ3n) is 10.2. The Labute approximate surface area is 318 Å². The number of imide groups is 1. The van der Waals surface area contributed by atoms with Crippen LogP contribution in [0.5, 0.6) is 0 Å². The van der Waals surface area contributed by atoms with E-state index in [4.69, 9.17) is 0 Å². The van der Waals surface area contributed by atoms with Crippen LogP contribution in [-0.2, 0) is 23.1 Å². The van der Waals surface area contributed by atoms with Gasteiger partial charge in [-0.15, -0.1) is 5.10 Å². The number of amides is 3. The highest BCUT2D eigenvalue weighted by Gasteiger charge is 2.39. The largest absolute Gasteiger partial charge is 0.382 e. The van der Waals surface area contributed by atoms with E-state index in [9.17, 15) is 28.4 Å². The second-order valence-electron chi connectivity index (χ2n) is 14.2. The van der Waals surface area contributed by atoms with Crippen molar-refractivity contribution in [3.63, 3.8) is 0 Å². The molecule has 6 heterocycles. The molecule has 2 aliphatic rings. The van der Waals surface area contributed by atoms with E-state index < -0.39 is 30.1 Å². The van der Waals surface area contributed by atoms with Crippen molar-refractivity contribution in [2.24, 2.45) is 7.05 Å². The predicted molar refractivity (Wildman–Crippen MR) is 206 cm³/mol. The van der Waals surface area contributed by atoms with Crippen LogP contribution in [0.2, 0.25) is 0 Å². The Bertz CT molecular complexity index is 2600. The van der Waals surface area contributed by atoms with Gasteiger partial charge in [0, 0.05) is 44.9 Å². The van der Waals surface area contributed by atoms with Crippen molar-refractivity contribution < 1.29 is 18.8 Å². The number of carbonyl (C=O) groups is 3. The molecule has 288 valence electrons. The van der Waals surface area contributed by atoms with Crippen molar-refractivity contribution in [2.45, 2.75) is 69.6 Å². The molecule has 1 unspecified atom stereocenters. The van der Waals surface area contributed by atoms with E-state index in [0.717, 1.165) is 43.2 Å². The van der Waals surface area contributed by atoms with Crippen LogP contribution in [-0.4, -0.2) is 69.8 Å². The molecule has 5 aromatic heterocycles. The first-order valence-corrected chi connectivity index (χ1v) is 18.7. The van der Waals surface area contributed by atoms with Crippen molar-refractivity contribution in [1.29, 1.82) is 0 Å². The Balaban J connectivity index is 0.922. The topological polar surface area (TPSA) is 191 Å². The highest BCUT2D eigenvalue weighted by atomic mass is 19.1. The Hall–Kier alpha value is -6.65. The summed E-state index contributed by atoms with van der Waals surface area (Å²) in [5.74, 6) is -0.526. The number of hydrogen-bond acceptors (Lipinski definition) is 10. The molecule has 3 atom stereocenters. The van der Waals surface area contributed by atoms with Crippen LogP contribution in [0.3, 0.4) is 0 Å². The fraction of sp³-hybridized carbons (Fsp3) is 0.333. The molecule has 4 N–H and O–H groups in total. The lowest BCUT2D eigenvalue weighted by Crippen LogP contribution is -2.44. The minimum Gasteiger partial charge on any atom is -0.382 e. The highest BCUT2D eigenvalue weighted by molar-refractivity contribution is 6.00. The molecule has 16 nitrogen and oxygen atoms in total. The molecule has 8 rings (SSSR count). The van der Waals surface area contributed by atoms with Gasteiger partial charge in [0.1, 0.15) is 23.7 Å². The number of alkyl halides is 1. The molecule has 56 heavy (non-hydrogen) atoms. The maximum atomic E-state index is 13.6. The summed E-state index contributed by atoms with van der Waals surface area (Å²) in [4.78, 5) is 72.5. The number of benzene rings is 1. The number of pyridine rings is 2. The number of nitrogens with zero attached hydrogens (tertiary/aromatic N) is 7. The molecule has 1 aliphatic carbocycles. The lowest BCUT2D eigenvalue weighted by Gasteiger charge is -2.21. The van der Waals surface area contributed by atoms with Gasteiger partial charge in [-0.05, 0) is 67.6 Å². The van der Waals surface area contributed by atoms with Crippen LogP contribution in [0.1, 0.15) is 67.0 Å². The minimum atomic E-state index is -1.07. The maximum Gasteiger partial charge on any atom is 0.329 e. The molecular formula is C39H40FN11O5. The zero-order valence-electron chi connectivity index (χ0n) is 30.6. The van der Waals surface area contributed by atoms with Gasteiger partial charge >= 0.3 is 5.69 Å². The second kappa shape index (κ2) is 15.2. The number of imidazole rings is 2. The Kier molecular flexibility index (Phi) is 9.88. The van der Waals surface area contributed by atoms with E-state index in [0.29, 0.717) is 35.0 Å². The average molecular weight is 762 g/mol. The van der Waals surface area contributed by atoms with E-state index in [1.54, 1.807) is 60.4 Å². The van der Waals surface area contributed by atoms with Crippen molar-refractivity contribution >= 4 is 51.6 Å². The summed E-state index contributed by atoms with van der Waals surface area (Å²) in [6.07, 6.45) is 8.75. The number of anilines is 3. The summed E-state index contributed by atoms with van der Waals surface area (Å²) in [5, 5.41) is 16.1. The van der Waals surface area contributed by atoms with Gasteiger partial charge in [-0.1, -0.05) is 25.0 Å². The van der Waals surface area contributed by atoms with Gasteiger partial charge in [-0.2, -0.15) is 0 Å². The molecule has 1 aromatic carbocycles. The number of unbranched alkanes of at least 4 members (excludes halogenated alkanes) is 3. The highest BCUT2D eigenvalue weighted by Crippen LogP contribution is 2.27. The molecule has 2 fully saturated rings. The van der Waals surface area contributed by atoms with E-state index in [1.807, 2.05) is 18.2 Å². The third kappa shape index (κ3) is 7.26. The number of aryl methyl sites for hydroxylation is 2. The monoisotopic (exact) mass is 761 g/mol. The summed E-state index contributed by atoms with van der Waals surface area (Å²) in [6, 6.07) is 15.0. The van der Waals surface area contributed by atoms with Crippen molar-refractivity contribution in [1.82, 2.24) is 43.9 Å². The quantitative estimate of drug-likeness (QED) is 0.0941. The average Bonchev–Trinajstić information content (AvgIpc) is 3.60. The number of hydrogen-bond donors (Lipinski definition) is 4. The lowest BCUT2D eigenvalue weighted by molar-refractivity contribution is -0.135. The first-order chi connectivity index (χ1) is 27.2. The fourth-order valence-electron chi connectivity index (χ4n) is 7.10. The van der Waals surface area contributed by atoms with Gasteiger partial charge in [-0.3, -0.25) is 38.2 Å². The molecule has 6 aromatic rings. The van der Waals surface area contributed by atoms with Crippen LogP contribution < -0.4 is 32.5 Å². The van der Waals surface area contributed by atoms with Crippen molar-refractivity contribution in [3.05, 3.63) is 105 Å². The molecule has 0 radical (unpaired) electrons. The van der Waals surface area contributed by atoms with Gasteiger partial charge in [0.25, 0.3) is 11.5 Å². The van der Waals surface area contributed by atoms with Crippen LogP contribution in [0.25, 0.3) is 22.5 Å². The molecule has 1 saturated heterocycles. The summed E-state index contributed by atoms with van der Waals surface area (Å²) >= 11 is 0. The molecule has 17 heteroatoms. The van der Waals surface area contributed by atoms with Crippen LogP contribution in [0.15, 0.2) is 82.8 Å². The zero-order valence-corrected chi connectivity index (χ0v) is 30.6. The number of aromatic nitrogens is 7. The number of fused-ring (bicyclic) bond motifs is 2. The van der Waals surface area contributed by atoms with Gasteiger partial charge in [0.2, 0.25) is 11.8 Å². The Morgan fingerprint density at radius 3 is 2.59 bits per heavy atom. The molecule has 1 aliphatic heterocycles. The normalized spacial score (nSPS) is 17.9. The summed E-state index contributed by atoms with van der Waals surface area (Å²) < 4.78 is 19.5. The smallest absolute Gasteiger partial charge is 0.329 e. The Morgan fingerprint density at radius 1 is 0.964 bits per heavy atom. The van der Waals surface area contributed by atoms with Gasteiger partial charge in [0.05, 0.1) is 29.0 Å². The minimum absolute atomic E-state index is 0.135. The van der Waals surface area contributed by atoms with Gasteiger partial charge in [0.15, 0.2) is 17.2 Å². The number of piperidine rings is 1. The predicted octanol–water partition coefficient (Wildman–Crippen LogP) is 3.71.